The van der Waals surface area contributed by atoms with E-state index in [1.807, 2.05) is 14.0 Å². The predicted molar refractivity (Wildman–Crippen MR) is 43.5 cm³/mol. The van der Waals surface area contributed by atoms with Crippen molar-refractivity contribution in [3.05, 3.63) is 0 Å². The van der Waals surface area contributed by atoms with Gasteiger partial charge in [-0.3, -0.25) is 4.90 Å². The van der Waals surface area contributed by atoms with Crippen LogP contribution in [0.25, 0.3) is 0 Å². The highest BCUT2D eigenvalue weighted by molar-refractivity contribution is 4.73. The molecule has 1 unspecified atom stereocenters. The highest BCUT2D eigenvalue weighted by Crippen LogP contribution is 2.10. The van der Waals surface area contributed by atoms with Gasteiger partial charge in [-0.05, 0) is 20.4 Å². The van der Waals surface area contributed by atoms with Crippen LogP contribution in [0.15, 0.2) is 0 Å². The SMILES string of the molecule is C[C@H](O)CN(C)C1CCOC1. The summed E-state index contributed by atoms with van der Waals surface area (Å²) < 4.78 is 5.24. The summed E-state index contributed by atoms with van der Waals surface area (Å²) in [5, 5.41) is 9.10. The summed E-state index contributed by atoms with van der Waals surface area (Å²) in [6, 6.07) is 0.518. The summed E-state index contributed by atoms with van der Waals surface area (Å²) in [4.78, 5) is 2.16. The van der Waals surface area contributed by atoms with Crippen LogP contribution in [0.3, 0.4) is 0 Å². The van der Waals surface area contributed by atoms with Crippen molar-refractivity contribution in [3.8, 4) is 0 Å². The second-order valence-corrected chi connectivity index (χ2v) is 3.31. The minimum atomic E-state index is -0.236. The monoisotopic (exact) mass is 159 g/mol. The normalized spacial score (nSPS) is 27.8. The Morgan fingerprint density at radius 3 is 2.91 bits per heavy atom. The Balaban J connectivity index is 2.22. The van der Waals surface area contributed by atoms with Gasteiger partial charge in [0.1, 0.15) is 0 Å². The molecule has 0 bridgehead atoms. The lowest BCUT2D eigenvalue weighted by molar-refractivity contribution is 0.105. The van der Waals surface area contributed by atoms with Gasteiger partial charge in [0.2, 0.25) is 0 Å². The maximum atomic E-state index is 9.10. The van der Waals surface area contributed by atoms with Gasteiger partial charge >= 0.3 is 0 Å². The maximum absolute atomic E-state index is 9.10. The van der Waals surface area contributed by atoms with Crippen molar-refractivity contribution < 1.29 is 9.84 Å². The van der Waals surface area contributed by atoms with Crippen LogP contribution in [-0.4, -0.2) is 49.0 Å². The molecule has 0 saturated carbocycles. The van der Waals surface area contributed by atoms with Gasteiger partial charge in [0.05, 0.1) is 12.7 Å². The fraction of sp³-hybridized carbons (Fsp3) is 1.00. The summed E-state index contributed by atoms with van der Waals surface area (Å²) in [6.07, 6.45) is 0.865. The number of nitrogens with zero attached hydrogens (tertiary/aromatic N) is 1. The van der Waals surface area contributed by atoms with Gasteiger partial charge in [-0.2, -0.15) is 0 Å². The van der Waals surface area contributed by atoms with Gasteiger partial charge in [-0.25, -0.2) is 0 Å². The zero-order chi connectivity index (χ0) is 8.27. The van der Waals surface area contributed by atoms with Gasteiger partial charge in [-0.1, -0.05) is 0 Å². The van der Waals surface area contributed by atoms with E-state index in [2.05, 4.69) is 4.90 Å². The first-order chi connectivity index (χ1) is 5.20. The average molecular weight is 159 g/mol. The predicted octanol–water partition coefficient (Wildman–Crippen LogP) is 0.0879. The van der Waals surface area contributed by atoms with Crippen molar-refractivity contribution in [2.45, 2.75) is 25.5 Å². The first kappa shape index (κ1) is 8.97. The van der Waals surface area contributed by atoms with E-state index in [4.69, 9.17) is 9.84 Å². The highest BCUT2D eigenvalue weighted by Gasteiger charge is 2.20. The molecule has 3 nitrogen and oxygen atoms in total. The van der Waals surface area contributed by atoms with Crippen molar-refractivity contribution in [1.29, 1.82) is 0 Å². The second-order valence-electron chi connectivity index (χ2n) is 3.31. The molecule has 1 aliphatic rings. The average Bonchev–Trinajstić information content (AvgIpc) is 2.35. The first-order valence-electron chi connectivity index (χ1n) is 4.16. The molecule has 66 valence electrons. The number of aliphatic hydroxyl groups is 1. The molecule has 0 amide bonds. The Labute approximate surface area is 68.0 Å². The molecule has 1 saturated heterocycles. The molecule has 0 aromatic carbocycles. The third kappa shape index (κ3) is 2.77. The molecule has 0 aromatic heterocycles. The van der Waals surface area contributed by atoms with Crippen LogP contribution >= 0.6 is 0 Å². The van der Waals surface area contributed by atoms with E-state index in [0.717, 1.165) is 26.2 Å². The Kier molecular flexibility index (Phi) is 3.30. The summed E-state index contributed by atoms with van der Waals surface area (Å²) >= 11 is 0. The molecule has 1 heterocycles. The van der Waals surface area contributed by atoms with Crippen LogP contribution in [0, 0.1) is 0 Å². The lowest BCUT2D eigenvalue weighted by atomic mass is 10.2. The van der Waals surface area contributed by atoms with Crippen LogP contribution in [-0.2, 0) is 4.74 Å². The minimum Gasteiger partial charge on any atom is -0.392 e. The van der Waals surface area contributed by atoms with E-state index in [9.17, 15) is 0 Å². The van der Waals surface area contributed by atoms with Crippen LogP contribution in [0.4, 0.5) is 0 Å². The summed E-state index contributed by atoms with van der Waals surface area (Å²) in [6.45, 7) is 4.25. The largest absolute Gasteiger partial charge is 0.392 e. The zero-order valence-corrected chi connectivity index (χ0v) is 7.29. The number of rotatable bonds is 3. The van der Waals surface area contributed by atoms with Gasteiger partial charge < -0.3 is 9.84 Å². The molecule has 1 fully saturated rings. The van der Waals surface area contributed by atoms with E-state index in [1.54, 1.807) is 0 Å². The second kappa shape index (κ2) is 4.04. The Bertz CT molecular complexity index is 111. The van der Waals surface area contributed by atoms with E-state index in [0.29, 0.717) is 6.04 Å². The Morgan fingerprint density at radius 2 is 2.45 bits per heavy atom. The van der Waals surface area contributed by atoms with E-state index in [-0.39, 0.29) is 6.10 Å². The lowest BCUT2D eigenvalue weighted by Gasteiger charge is -2.23. The van der Waals surface area contributed by atoms with Crippen molar-refractivity contribution in [3.63, 3.8) is 0 Å². The number of hydrogen-bond donors (Lipinski definition) is 1. The van der Waals surface area contributed by atoms with Gasteiger partial charge in [0.15, 0.2) is 0 Å². The van der Waals surface area contributed by atoms with E-state index >= 15 is 0 Å². The zero-order valence-electron chi connectivity index (χ0n) is 7.29. The quantitative estimate of drug-likeness (QED) is 0.633. The maximum Gasteiger partial charge on any atom is 0.0639 e. The lowest BCUT2D eigenvalue weighted by Crippen LogP contribution is -2.36. The van der Waals surface area contributed by atoms with Crippen LogP contribution in [0.1, 0.15) is 13.3 Å². The number of likely N-dealkylation sites (N-methyl/N-ethyl adjacent to an activating group) is 1. The Hall–Kier alpha value is -0.120. The number of aliphatic hydroxyl groups excluding tert-OH is 1. The number of ether oxygens (including phenoxy) is 1. The third-order valence-electron chi connectivity index (χ3n) is 2.08. The molecule has 0 aromatic rings. The minimum absolute atomic E-state index is 0.236. The van der Waals surface area contributed by atoms with E-state index < -0.39 is 0 Å². The van der Waals surface area contributed by atoms with Crippen molar-refractivity contribution in [2.75, 3.05) is 26.8 Å². The molecule has 1 rings (SSSR count). The molecular weight excluding hydrogens is 142 g/mol. The molecule has 2 atom stereocenters. The summed E-state index contributed by atoms with van der Waals surface area (Å²) in [7, 11) is 2.03. The van der Waals surface area contributed by atoms with Crippen molar-refractivity contribution in [2.24, 2.45) is 0 Å². The first-order valence-corrected chi connectivity index (χ1v) is 4.16. The summed E-state index contributed by atoms with van der Waals surface area (Å²) in [5.41, 5.74) is 0. The molecule has 1 N–H and O–H groups in total. The van der Waals surface area contributed by atoms with Crippen molar-refractivity contribution >= 4 is 0 Å². The standard InChI is InChI=1S/C8H17NO2/c1-7(10)5-9(2)8-3-4-11-6-8/h7-8,10H,3-6H2,1-2H3/t7-,8?/m0/s1. The van der Waals surface area contributed by atoms with Crippen molar-refractivity contribution in [1.82, 2.24) is 4.90 Å². The van der Waals surface area contributed by atoms with Crippen LogP contribution in [0.2, 0.25) is 0 Å². The molecule has 1 aliphatic heterocycles. The highest BCUT2D eigenvalue weighted by atomic mass is 16.5. The van der Waals surface area contributed by atoms with Gasteiger partial charge in [-0.15, -0.1) is 0 Å². The third-order valence-corrected chi connectivity index (χ3v) is 2.08. The Morgan fingerprint density at radius 1 is 1.73 bits per heavy atom. The fourth-order valence-electron chi connectivity index (χ4n) is 1.44. The topological polar surface area (TPSA) is 32.7 Å². The molecule has 0 spiro atoms. The smallest absolute Gasteiger partial charge is 0.0639 e. The van der Waals surface area contributed by atoms with E-state index in [1.165, 1.54) is 0 Å². The fourth-order valence-corrected chi connectivity index (χ4v) is 1.44. The number of hydrogen-bond acceptors (Lipinski definition) is 3. The summed E-state index contributed by atoms with van der Waals surface area (Å²) in [5.74, 6) is 0. The molecule has 11 heavy (non-hydrogen) atoms. The van der Waals surface area contributed by atoms with Crippen LogP contribution in [0.5, 0.6) is 0 Å². The molecule has 3 heteroatoms. The van der Waals surface area contributed by atoms with Crippen LogP contribution < -0.4 is 0 Å². The van der Waals surface area contributed by atoms with Gasteiger partial charge in [0, 0.05) is 19.2 Å². The molecule has 0 radical (unpaired) electrons. The molecule has 0 aliphatic carbocycles. The molecular formula is C8H17NO2. The van der Waals surface area contributed by atoms with Gasteiger partial charge in [0.25, 0.3) is 0 Å².